The fraction of sp³-hybridized carbons (Fsp3) is 0.300. The van der Waals surface area contributed by atoms with Gasteiger partial charge in [0.05, 0.1) is 17.0 Å². The van der Waals surface area contributed by atoms with Crippen LogP contribution in [0.15, 0.2) is 42.5 Å². The summed E-state index contributed by atoms with van der Waals surface area (Å²) in [5, 5.41) is 0. The molecule has 0 saturated carbocycles. The number of rotatable bonds is 4. The predicted octanol–water partition coefficient (Wildman–Crippen LogP) is 3.18. The van der Waals surface area contributed by atoms with Crippen LogP contribution in [0.5, 0.6) is 5.75 Å². The quantitative estimate of drug-likeness (QED) is 0.797. The molecule has 1 aliphatic rings. The van der Waals surface area contributed by atoms with E-state index in [-0.39, 0.29) is 18.4 Å². The Morgan fingerprint density at radius 2 is 2.04 bits per heavy atom. The van der Waals surface area contributed by atoms with Crippen LogP contribution in [0.25, 0.3) is 11.0 Å². The molecule has 4 rings (SSSR count). The summed E-state index contributed by atoms with van der Waals surface area (Å²) in [4.78, 5) is 22.1. The number of carbonyl (C=O) groups is 1. The number of imidazole rings is 1. The summed E-state index contributed by atoms with van der Waals surface area (Å²) in [7, 11) is 0. The van der Waals surface area contributed by atoms with Crippen LogP contribution >= 0.6 is 0 Å². The van der Waals surface area contributed by atoms with E-state index >= 15 is 0 Å². The Kier molecular flexibility index (Phi) is 3.92. The zero-order valence-corrected chi connectivity index (χ0v) is 14.5. The van der Waals surface area contributed by atoms with Crippen LogP contribution in [0.2, 0.25) is 0 Å². The highest BCUT2D eigenvalue weighted by atomic mass is 16.5. The normalized spacial score (nSPS) is 14.6. The minimum atomic E-state index is 0.0199. The molecule has 1 aliphatic heterocycles. The number of likely N-dealkylation sites (tertiary alicyclic amines) is 1. The van der Waals surface area contributed by atoms with Crippen LogP contribution in [0.3, 0.4) is 0 Å². The highest BCUT2D eigenvalue weighted by Gasteiger charge is 2.33. The third-order valence-electron chi connectivity index (χ3n) is 4.72. The second-order valence-electron chi connectivity index (χ2n) is 6.69. The van der Waals surface area contributed by atoms with Crippen molar-refractivity contribution in [3.63, 3.8) is 0 Å². The average Bonchev–Trinajstić information content (AvgIpc) is 2.95. The number of aryl methyl sites for hydroxylation is 2. The lowest BCUT2D eigenvalue weighted by atomic mass is 9.99. The van der Waals surface area contributed by atoms with E-state index in [2.05, 4.69) is 29.0 Å². The van der Waals surface area contributed by atoms with Crippen LogP contribution in [0, 0.1) is 13.8 Å². The van der Waals surface area contributed by atoms with Gasteiger partial charge >= 0.3 is 0 Å². The fourth-order valence-corrected chi connectivity index (χ4v) is 3.14. The van der Waals surface area contributed by atoms with Crippen molar-refractivity contribution in [2.75, 3.05) is 19.7 Å². The topological polar surface area (TPSA) is 58.2 Å². The molecule has 1 fully saturated rings. The van der Waals surface area contributed by atoms with Crippen LogP contribution in [-0.4, -0.2) is 40.5 Å². The summed E-state index contributed by atoms with van der Waals surface area (Å²) in [5.41, 5.74) is 4.28. The molecular weight excluding hydrogens is 314 g/mol. The molecule has 0 atom stereocenters. The van der Waals surface area contributed by atoms with Crippen molar-refractivity contribution in [2.45, 2.75) is 19.8 Å². The molecule has 1 N–H and O–H groups in total. The van der Waals surface area contributed by atoms with E-state index in [0.717, 1.165) is 28.2 Å². The number of carbonyl (C=O) groups excluding carboxylic acids is 1. The maximum atomic E-state index is 12.3. The first-order valence-corrected chi connectivity index (χ1v) is 8.52. The maximum Gasteiger partial charge on any atom is 0.260 e. The molecule has 2 heterocycles. The van der Waals surface area contributed by atoms with Crippen molar-refractivity contribution in [1.82, 2.24) is 14.9 Å². The summed E-state index contributed by atoms with van der Waals surface area (Å²) >= 11 is 0. The van der Waals surface area contributed by atoms with Gasteiger partial charge in [0.15, 0.2) is 6.61 Å². The molecule has 25 heavy (non-hydrogen) atoms. The number of aromatic amines is 1. The Balaban J connectivity index is 1.34. The van der Waals surface area contributed by atoms with Crippen molar-refractivity contribution < 1.29 is 9.53 Å². The number of para-hydroxylation sites is 1. The monoisotopic (exact) mass is 335 g/mol. The highest BCUT2D eigenvalue weighted by molar-refractivity contribution is 5.79. The molecule has 3 aromatic rings. The minimum Gasteiger partial charge on any atom is -0.484 e. The molecule has 0 bridgehead atoms. The number of benzene rings is 2. The van der Waals surface area contributed by atoms with Gasteiger partial charge in [0.2, 0.25) is 0 Å². The van der Waals surface area contributed by atoms with Gasteiger partial charge in [-0.2, -0.15) is 0 Å². The van der Waals surface area contributed by atoms with E-state index in [9.17, 15) is 4.79 Å². The molecule has 0 spiro atoms. The first-order valence-electron chi connectivity index (χ1n) is 8.52. The SMILES string of the molecule is Cc1ccc2nc(C3CN(C(=O)COc4ccccc4C)C3)[nH]c2c1. The van der Waals surface area contributed by atoms with Gasteiger partial charge in [-0.15, -0.1) is 0 Å². The number of H-pyrrole nitrogens is 1. The van der Waals surface area contributed by atoms with Gasteiger partial charge in [0.25, 0.3) is 5.91 Å². The van der Waals surface area contributed by atoms with Crippen LogP contribution < -0.4 is 4.74 Å². The molecular formula is C20H21N3O2. The Hall–Kier alpha value is -2.82. The first kappa shape index (κ1) is 15.7. The number of hydrogen-bond donors (Lipinski definition) is 1. The van der Waals surface area contributed by atoms with E-state index in [1.54, 1.807) is 0 Å². The summed E-state index contributed by atoms with van der Waals surface area (Å²) in [6, 6.07) is 13.9. The number of aromatic nitrogens is 2. The van der Waals surface area contributed by atoms with E-state index in [0.29, 0.717) is 13.1 Å². The van der Waals surface area contributed by atoms with E-state index < -0.39 is 0 Å². The van der Waals surface area contributed by atoms with Crippen molar-refractivity contribution in [2.24, 2.45) is 0 Å². The van der Waals surface area contributed by atoms with Gasteiger partial charge in [0, 0.05) is 13.1 Å². The lowest BCUT2D eigenvalue weighted by Gasteiger charge is -2.38. The summed E-state index contributed by atoms with van der Waals surface area (Å²) in [6.45, 7) is 5.50. The number of ether oxygens (including phenoxy) is 1. The molecule has 2 aromatic carbocycles. The van der Waals surface area contributed by atoms with Gasteiger partial charge in [0.1, 0.15) is 11.6 Å². The summed E-state index contributed by atoms with van der Waals surface area (Å²) in [6.07, 6.45) is 0. The number of hydrogen-bond acceptors (Lipinski definition) is 3. The number of fused-ring (bicyclic) bond motifs is 1. The third kappa shape index (κ3) is 3.09. The van der Waals surface area contributed by atoms with Crippen LogP contribution in [0.4, 0.5) is 0 Å². The standard InChI is InChI=1S/C20H21N3O2/c1-13-7-8-16-17(9-13)22-20(21-16)15-10-23(11-15)19(24)12-25-18-6-4-3-5-14(18)2/h3-9,15H,10-12H2,1-2H3,(H,21,22). The molecule has 0 radical (unpaired) electrons. The van der Waals surface area contributed by atoms with E-state index in [1.807, 2.05) is 42.2 Å². The summed E-state index contributed by atoms with van der Waals surface area (Å²) < 4.78 is 5.64. The zero-order chi connectivity index (χ0) is 17.4. The largest absolute Gasteiger partial charge is 0.484 e. The average molecular weight is 335 g/mol. The lowest BCUT2D eigenvalue weighted by molar-refractivity contribution is -0.137. The smallest absolute Gasteiger partial charge is 0.260 e. The highest BCUT2D eigenvalue weighted by Crippen LogP contribution is 2.27. The fourth-order valence-electron chi connectivity index (χ4n) is 3.14. The van der Waals surface area contributed by atoms with Crippen LogP contribution in [0.1, 0.15) is 22.9 Å². The molecule has 1 amide bonds. The van der Waals surface area contributed by atoms with Crippen molar-refractivity contribution in [3.05, 3.63) is 59.4 Å². The van der Waals surface area contributed by atoms with Crippen molar-refractivity contribution >= 4 is 16.9 Å². The van der Waals surface area contributed by atoms with Crippen molar-refractivity contribution in [3.8, 4) is 5.75 Å². The number of nitrogens with zero attached hydrogens (tertiary/aromatic N) is 2. The van der Waals surface area contributed by atoms with Gasteiger partial charge in [-0.05, 0) is 43.2 Å². The van der Waals surface area contributed by atoms with Gasteiger partial charge in [-0.1, -0.05) is 24.3 Å². The Bertz CT molecular complexity index is 926. The van der Waals surface area contributed by atoms with Gasteiger partial charge in [-0.3, -0.25) is 4.79 Å². The van der Waals surface area contributed by atoms with E-state index in [1.165, 1.54) is 5.56 Å². The van der Waals surface area contributed by atoms with Gasteiger partial charge in [-0.25, -0.2) is 4.98 Å². The molecule has 1 saturated heterocycles. The zero-order valence-electron chi connectivity index (χ0n) is 14.5. The predicted molar refractivity (Wildman–Crippen MR) is 96.8 cm³/mol. The van der Waals surface area contributed by atoms with Crippen molar-refractivity contribution in [1.29, 1.82) is 0 Å². The maximum absolute atomic E-state index is 12.3. The summed E-state index contributed by atoms with van der Waals surface area (Å²) in [5.74, 6) is 2.02. The van der Waals surface area contributed by atoms with E-state index in [4.69, 9.17) is 4.74 Å². The molecule has 0 unspecified atom stereocenters. The number of amides is 1. The second-order valence-corrected chi connectivity index (χ2v) is 6.69. The number of nitrogens with one attached hydrogen (secondary N) is 1. The Labute approximate surface area is 146 Å². The van der Waals surface area contributed by atoms with Gasteiger partial charge < -0.3 is 14.6 Å². The Morgan fingerprint density at radius 1 is 1.24 bits per heavy atom. The molecule has 5 heteroatoms. The third-order valence-corrected chi connectivity index (χ3v) is 4.72. The minimum absolute atomic E-state index is 0.0199. The Morgan fingerprint density at radius 3 is 2.84 bits per heavy atom. The molecule has 0 aliphatic carbocycles. The lowest BCUT2D eigenvalue weighted by Crippen LogP contribution is -2.50. The molecule has 128 valence electrons. The molecule has 5 nitrogen and oxygen atoms in total. The van der Waals surface area contributed by atoms with Crippen LogP contribution in [-0.2, 0) is 4.79 Å². The first-order chi connectivity index (χ1) is 12.1. The second kappa shape index (κ2) is 6.24. The molecule has 1 aromatic heterocycles.